The third-order valence-electron chi connectivity index (χ3n) is 10.2. The standard InChI is InChI=1S/C23H35N5O8.C15H25N3O8/c24-18-3-1-17(2-4-18)11-19-12-27(15-22(33)34)8-7-25(13-20(29)30)5-6-26(14-21(31)32)9-10-28(19)16-23(35)36;19-11-26-10-17-4-3-16(9-14(22)23)5-7-18(8-6-17)12(15(24)25)1-2-13(20)21/h1-4,19H,5-16,24H2,(H,29,30)(H,31,32)(H,33,34)(H,35,36);11-12H,1-10H2,(H,20,21)(H,22,23)(H,24,25)/t19-;/m0./s1. The van der Waals surface area contributed by atoms with E-state index in [9.17, 15) is 63.9 Å². The molecule has 2 atom stereocenters. The van der Waals surface area contributed by atoms with Crippen LogP contribution in [0.1, 0.15) is 18.4 Å². The molecule has 0 bridgehead atoms. The van der Waals surface area contributed by atoms with Gasteiger partial charge in [-0.15, -0.1) is 0 Å². The van der Waals surface area contributed by atoms with E-state index in [-0.39, 0.29) is 98.1 Å². The lowest BCUT2D eigenvalue weighted by Gasteiger charge is -2.37. The van der Waals surface area contributed by atoms with E-state index in [1.165, 1.54) is 0 Å². The first-order valence-electron chi connectivity index (χ1n) is 19.9. The zero-order valence-electron chi connectivity index (χ0n) is 34.6. The van der Waals surface area contributed by atoms with Crippen LogP contribution in [0.4, 0.5) is 5.69 Å². The summed E-state index contributed by atoms with van der Waals surface area (Å²) in [4.78, 5) is 102. The fraction of sp³-hybridized carbons (Fsp3) is 0.632. The number of carbonyl (C=O) groups is 8. The molecule has 2 aliphatic rings. The molecule has 24 heteroatoms. The van der Waals surface area contributed by atoms with Gasteiger partial charge in [0.1, 0.15) is 12.8 Å². The van der Waals surface area contributed by atoms with Crippen LogP contribution in [-0.4, -0.2) is 255 Å². The lowest BCUT2D eigenvalue weighted by atomic mass is 10.0. The van der Waals surface area contributed by atoms with Gasteiger partial charge in [-0.1, -0.05) is 12.1 Å². The van der Waals surface area contributed by atoms with E-state index in [0.29, 0.717) is 57.8 Å². The van der Waals surface area contributed by atoms with Gasteiger partial charge in [-0.3, -0.25) is 72.7 Å². The predicted molar refractivity (Wildman–Crippen MR) is 217 cm³/mol. The van der Waals surface area contributed by atoms with E-state index in [1.54, 1.807) is 46.4 Å². The zero-order valence-corrected chi connectivity index (χ0v) is 34.6. The average molecular weight is 885 g/mol. The second-order valence-electron chi connectivity index (χ2n) is 14.9. The maximum atomic E-state index is 11.7. The van der Waals surface area contributed by atoms with Crippen molar-refractivity contribution < 1.29 is 78.8 Å². The Bertz CT molecular complexity index is 1620. The van der Waals surface area contributed by atoms with Crippen LogP contribution >= 0.6 is 0 Å². The second-order valence-corrected chi connectivity index (χ2v) is 14.9. The highest BCUT2D eigenvalue weighted by Crippen LogP contribution is 2.15. The summed E-state index contributed by atoms with van der Waals surface area (Å²) in [5, 5.41) is 65.0. The molecule has 0 spiro atoms. The van der Waals surface area contributed by atoms with Crippen LogP contribution in [0.25, 0.3) is 0 Å². The van der Waals surface area contributed by atoms with Crippen molar-refractivity contribution in [2.45, 2.75) is 31.3 Å². The highest BCUT2D eigenvalue weighted by molar-refractivity contribution is 5.75. The molecule has 2 fully saturated rings. The molecule has 0 amide bonds. The molecule has 3 rings (SSSR count). The summed E-state index contributed by atoms with van der Waals surface area (Å²) in [5.41, 5.74) is 7.26. The Hall–Kier alpha value is -5.50. The number of carboxylic acid groups (broad SMARTS) is 7. The molecule has 348 valence electrons. The summed E-state index contributed by atoms with van der Waals surface area (Å²) >= 11 is 0. The summed E-state index contributed by atoms with van der Waals surface area (Å²) in [7, 11) is 0. The number of hydrogen-bond acceptors (Lipinski definition) is 17. The van der Waals surface area contributed by atoms with Crippen LogP contribution < -0.4 is 5.73 Å². The molecule has 0 aliphatic carbocycles. The van der Waals surface area contributed by atoms with Crippen LogP contribution in [0.15, 0.2) is 24.3 Å². The highest BCUT2D eigenvalue weighted by atomic mass is 16.5. The smallest absolute Gasteiger partial charge is 0.320 e. The molecule has 0 saturated carbocycles. The van der Waals surface area contributed by atoms with Crippen molar-refractivity contribution in [3.05, 3.63) is 29.8 Å². The molecular weight excluding hydrogens is 824 g/mol. The van der Waals surface area contributed by atoms with Crippen LogP contribution in [0, 0.1) is 0 Å². The number of anilines is 1. The van der Waals surface area contributed by atoms with Gasteiger partial charge in [0.05, 0.1) is 32.7 Å². The Kier molecular flexibility index (Phi) is 23.9. The Morgan fingerprint density at radius 2 is 1.00 bits per heavy atom. The van der Waals surface area contributed by atoms with E-state index in [2.05, 4.69) is 0 Å². The van der Waals surface area contributed by atoms with Crippen molar-refractivity contribution in [1.82, 2.24) is 34.3 Å². The van der Waals surface area contributed by atoms with Gasteiger partial charge >= 0.3 is 41.8 Å². The monoisotopic (exact) mass is 884 g/mol. The van der Waals surface area contributed by atoms with Crippen LogP contribution in [0.2, 0.25) is 0 Å². The maximum Gasteiger partial charge on any atom is 0.320 e. The van der Waals surface area contributed by atoms with Crippen molar-refractivity contribution >= 4 is 53.9 Å². The Morgan fingerprint density at radius 3 is 1.45 bits per heavy atom. The SMILES string of the molecule is Nc1ccc(C[C@H]2CN(CC(=O)O)CCN(CC(=O)O)CCN(CC(=O)O)CCN2CC(=O)O)cc1.O=COCN1CCN(CC(=O)O)CCN(C(CCC(=O)O)C(=O)O)CC1. The summed E-state index contributed by atoms with van der Waals surface area (Å²) in [6.07, 6.45) is 0.0974. The third-order valence-corrected chi connectivity index (χ3v) is 10.2. The van der Waals surface area contributed by atoms with Gasteiger partial charge in [-0.05, 0) is 30.5 Å². The lowest BCUT2D eigenvalue weighted by Crippen LogP contribution is -2.53. The van der Waals surface area contributed by atoms with Crippen molar-refractivity contribution in [1.29, 1.82) is 0 Å². The molecule has 1 unspecified atom stereocenters. The van der Waals surface area contributed by atoms with E-state index >= 15 is 0 Å². The van der Waals surface area contributed by atoms with Gasteiger partial charge in [0, 0.05) is 103 Å². The first-order chi connectivity index (χ1) is 29.3. The maximum absolute atomic E-state index is 11.7. The quantitative estimate of drug-likeness (QED) is 0.0484. The molecule has 1 aromatic carbocycles. The number of carboxylic acids is 7. The normalized spacial score (nSPS) is 19.4. The van der Waals surface area contributed by atoms with E-state index in [4.69, 9.17) is 20.7 Å². The minimum atomic E-state index is -1.12. The number of ether oxygens (including phenoxy) is 1. The first-order valence-corrected chi connectivity index (χ1v) is 19.9. The Balaban J connectivity index is 0.000000451. The average Bonchev–Trinajstić information content (AvgIpc) is 3.26. The number of nitrogen functional groups attached to an aromatic ring is 1. The van der Waals surface area contributed by atoms with E-state index in [0.717, 1.165) is 5.56 Å². The number of nitrogens with two attached hydrogens (primary N) is 1. The fourth-order valence-corrected chi connectivity index (χ4v) is 7.09. The van der Waals surface area contributed by atoms with Crippen LogP contribution in [0.5, 0.6) is 0 Å². The second kappa shape index (κ2) is 28.2. The summed E-state index contributed by atoms with van der Waals surface area (Å²) in [6, 6.07) is 5.75. The van der Waals surface area contributed by atoms with Crippen molar-refractivity contribution in [2.75, 3.05) is 130 Å². The predicted octanol–water partition coefficient (Wildman–Crippen LogP) is -2.82. The molecule has 2 heterocycles. The molecule has 9 N–H and O–H groups in total. The van der Waals surface area contributed by atoms with Gasteiger partial charge in [-0.2, -0.15) is 0 Å². The number of nitrogens with zero attached hydrogens (tertiary/aromatic N) is 7. The molecule has 24 nitrogen and oxygen atoms in total. The van der Waals surface area contributed by atoms with Gasteiger partial charge in [0.2, 0.25) is 0 Å². The van der Waals surface area contributed by atoms with Gasteiger partial charge in [-0.25, -0.2) is 0 Å². The highest BCUT2D eigenvalue weighted by Gasteiger charge is 2.30. The fourth-order valence-electron chi connectivity index (χ4n) is 7.09. The zero-order chi connectivity index (χ0) is 46.2. The first kappa shape index (κ1) is 52.6. The van der Waals surface area contributed by atoms with Crippen molar-refractivity contribution in [2.24, 2.45) is 0 Å². The minimum Gasteiger partial charge on any atom is -0.481 e. The number of rotatable bonds is 20. The Morgan fingerprint density at radius 1 is 0.581 bits per heavy atom. The molecule has 0 aromatic heterocycles. The number of carbonyl (C=O) groups excluding carboxylic acids is 1. The van der Waals surface area contributed by atoms with E-state index in [1.807, 2.05) is 12.1 Å². The lowest BCUT2D eigenvalue weighted by molar-refractivity contribution is -0.145. The summed E-state index contributed by atoms with van der Waals surface area (Å²) in [5.74, 6) is -7.36. The summed E-state index contributed by atoms with van der Waals surface area (Å²) < 4.78 is 4.75. The number of benzene rings is 1. The number of aliphatic carboxylic acids is 7. The van der Waals surface area contributed by atoms with Crippen LogP contribution in [-0.2, 0) is 49.5 Å². The Labute approximate surface area is 358 Å². The van der Waals surface area contributed by atoms with Gasteiger partial charge in [0.15, 0.2) is 0 Å². The van der Waals surface area contributed by atoms with E-state index < -0.39 is 53.9 Å². The largest absolute Gasteiger partial charge is 0.481 e. The van der Waals surface area contributed by atoms with Crippen LogP contribution in [0.3, 0.4) is 0 Å². The molecule has 62 heavy (non-hydrogen) atoms. The minimum absolute atomic E-state index is 0.0190. The third kappa shape index (κ3) is 22.4. The molecule has 1 aromatic rings. The van der Waals surface area contributed by atoms with Gasteiger partial charge in [0.25, 0.3) is 6.47 Å². The van der Waals surface area contributed by atoms with Crippen molar-refractivity contribution in [3.8, 4) is 0 Å². The topological polar surface area (TPSA) is 336 Å². The van der Waals surface area contributed by atoms with Crippen molar-refractivity contribution in [3.63, 3.8) is 0 Å². The molecule has 2 aliphatic heterocycles. The molecule has 0 radical (unpaired) electrons. The summed E-state index contributed by atoms with van der Waals surface area (Å²) in [6.45, 7) is 3.04. The molecular formula is C38H60N8O16. The van der Waals surface area contributed by atoms with Gasteiger partial charge < -0.3 is 46.2 Å². The molecule has 2 saturated heterocycles. The number of hydrogen-bond donors (Lipinski definition) is 8.